The van der Waals surface area contributed by atoms with Crippen LogP contribution >= 0.6 is 0 Å². The largest absolute Gasteiger partial charge is 0.508 e. The number of phenols is 1. The second-order valence-corrected chi connectivity index (χ2v) is 3.90. The minimum absolute atomic E-state index is 0.156. The van der Waals surface area contributed by atoms with E-state index in [1.54, 1.807) is 36.8 Å². The molecule has 0 aliphatic rings. The van der Waals surface area contributed by atoms with Gasteiger partial charge in [-0.25, -0.2) is 0 Å². The van der Waals surface area contributed by atoms with Crippen LogP contribution < -0.4 is 5.73 Å². The van der Waals surface area contributed by atoms with E-state index in [9.17, 15) is 9.90 Å². The van der Waals surface area contributed by atoms with Crippen LogP contribution in [0.25, 0.3) is 11.3 Å². The second-order valence-electron chi connectivity index (χ2n) is 3.90. The molecule has 0 saturated carbocycles. The zero-order valence-electron chi connectivity index (χ0n) is 9.71. The van der Waals surface area contributed by atoms with Gasteiger partial charge < -0.3 is 10.8 Å². The highest BCUT2D eigenvalue weighted by Crippen LogP contribution is 2.25. The van der Waals surface area contributed by atoms with E-state index < -0.39 is 0 Å². The van der Waals surface area contributed by atoms with Gasteiger partial charge in [0, 0.05) is 24.4 Å². The van der Waals surface area contributed by atoms with Gasteiger partial charge in [0.25, 0.3) is 0 Å². The molecule has 3 N–H and O–H groups in total. The van der Waals surface area contributed by atoms with E-state index in [1.807, 2.05) is 0 Å². The number of nitrogens with zero attached hydrogens (tertiary/aromatic N) is 2. The fourth-order valence-corrected chi connectivity index (χ4v) is 1.65. The van der Waals surface area contributed by atoms with Gasteiger partial charge in [-0.3, -0.25) is 14.8 Å². The summed E-state index contributed by atoms with van der Waals surface area (Å²) in [5, 5.41) is 9.71. The van der Waals surface area contributed by atoms with Crippen molar-refractivity contribution < 1.29 is 9.90 Å². The van der Waals surface area contributed by atoms with E-state index in [4.69, 9.17) is 5.73 Å². The summed E-state index contributed by atoms with van der Waals surface area (Å²) in [6, 6.07) is 5.13. The van der Waals surface area contributed by atoms with Crippen molar-refractivity contribution in [3.8, 4) is 17.0 Å². The molecule has 0 spiro atoms. The van der Waals surface area contributed by atoms with E-state index >= 15 is 0 Å². The van der Waals surface area contributed by atoms with Crippen molar-refractivity contribution in [3.63, 3.8) is 0 Å². The summed E-state index contributed by atoms with van der Waals surface area (Å²) in [4.78, 5) is 18.9. The summed E-state index contributed by atoms with van der Waals surface area (Å²) in [6.07, 6.45) is 5.46. The average molecular weight is 243 g/mol. The fourth-order valence-electron chi connectivity index (χ4n) is 1.65. The topological polar surface area (TPSA) is 89.1 Å². The molecule has 18 heavy (non-hydrogen) atoms. The number of nitrogens with two attached hydrogens (primary N) is 1. The zero-order chi connectivity index (χ0) is 13.0. The molecule has 0 unspecified atom stereocenters. The Kier molecular flexibility index (Phi) is 3.52. The number of aromatic hydroxyl groups is 1. The minimum atomic E-state index is -0.390. The van der Waals surface area contributed by atoms with Gasteiger partial charge in [-0.2, -0.15) is 0 Å². The predicted octanol–water partition coefficient (Wildman–Crippen LogP) is 1.27. The third kappa shape index (κ3) is 2.82. The molecule has 0 bridgehead atoms. The third-order valence-corrected chi connectivity index (χ3v) is 2.58. The van der Waals surface area contributed by atoms with Crippen LogP contribution in [0.15, 0.2) is 36.8 Å². The van der Waals surface area contributed by atoms with Gasteiger partial charge >= 0.3 is 0 Å². The second kappa shape index (κ2) is 5.27. The van der Waals surface area contributed by atoms with E-state index in [-0.39, 0.29) is 18.1 Å². The van der Waals surface area contributed by atoms with Crippen LogP contribution in [0.4, 0.5) is 0 Å². The number of carbonyl (C=O) groups is 1. The maximum Gasteiger partial charge on any atom is 0.217 e. The highest BCUT2D eigenvalue weighted by Gasteiger charge is 2.06. The van der Waals surface area contributed by atoms with Crippen molar-refractivity contribution in [1.82, 2.24) is 9.97 Å². The van der Waals surface area contributed by atoms with E-state index in [1.165, 1.54) is 0 Å². The number of amides is 1. The Morgan fingerprint density at radius 3 is 2.83 bits per heavy atom. The van der Waals surface area contributed by atoms with E-state index in [0.29, 0.717) is 12.0 Å². The van der Waals surface area contributed by atoms with Gasteiger partial charge in [-0.05, 0) is 30.2 Å². The van der Waals surface area contributed by atoms with Crippen LogP contribution in [0.1, 0.15) is 12.0 Å². The molecule has 0 atom stereocenters. The van der Waals surface area contributed by atoms with Gasteiger partial charge in [-0.1, -0.05) is 0 Å². The Morgan fingerprint density at radius 2 is 2.17 bits per heavy atom. The SMILES string of the molecule is NC(=O)CCc1cc(-c2cnccn2)ccc1O. The standard InChI is InChI=1S/C13H13N3O2/c14-13(18)4-2-10-7-9(1-3-12(10)17)11-8-15-5-6-16-11/h1,3,5-8,17H,2,4H2,(H2,14,18). The normalized spacial score (nSPS) is 10.2. The molecule has 0 aliphatic heterocycles. The summed E-state index contributed by atoms with van der Waals surface area (Å²) in [5.74, 6) is -0.233. The lowest BCUT2D eigenvalue weighted by atomic mass is 10.0. The van der Waals surface area contributed by atoms with Crippen LogP contribution in [0.3, 0.4) is 0 Å². The maximum absolute atomic E-state index is 10.8. The number of rotatable bonds is 4. The lowest BCUT2D eigenvalue weighted by Gasteiger charge is -2.06. The number of carbonyl (C=O) groups excluding carboxylic acids is 1. The van der Waals surface area contributed by atoms with E-state index in [2.05, 4.69) is 9.97 Å². The molecule has 1 aromatic carbocycles. The molecule has 5 nitrogen and oxygen atoms in total. The number of primary amides is 1. The lowest BCUT2D eigenvalue weighted by molar-refractivity contribution is -0.117. The number of hydrogen-bond acceptors (Lipinski definition) is 4. The van der Waals surface area contributed by atoms with Crippen LogP contribution in [-0.4, -0.2) is 21.0 Å². The summed E-state index contributed by atoms with van der Waals surface area (Å²) in [5.41, 5.74) is 7.34. The fraction of sp³-hybridized carbons (Fsp3) is 0.154. The first-order valence-electron chi connectivity index (χ1n) is 5.53. The number of phenolic OH excluding ortho intramolecular Hbond substituents is 1. The van der Waals surface area contributed by atoms with Gasteiger partial charge in [0.1, 0.15) is 5.75 Å². The number of aromatic nitrogens is 2. The predicted molar refractivity (Wildman–Crippen MR) is 66.6 cm³/mol. The first-order valence-corrected chi connectivity index (χ1v) is 5.53. The molecule has 0 fully saturated rings. The molecule has 0 saturated heterocycles. The van der Waals surface area contributed by atoms with Crippen LogP contribution in [-0.2, 0) is 11.2 Å². The van der Waals surface area contributed by atoms with Gasteiger partial charge in [-0.15, -0.1) is 0 Å². The molecule has 2 rings (SSSR count). The molecule has 0 radical (unpaired) electrons. The molecular weight excluding hydrogens is 230 g/mol. The van der Waals surface area contributed by atoms with Crippen molar-refractivity contribution in [1.29, 1.82) is 0 Å². The summed E-state index contributed by atoms with van der Waals surface area (Å²) < 4.78 is 0. The Labute approximate surface area is 104 Å². The van der Waals surface area contributed by atoms with E-state index in [0.717, 1.165) is 11.3 Å². The minimum Gasteiger partial charge on any atom is -0.508 e. The van der Waals surface area contributed by atoms with Crippen LogP contribution in [0.5, 0.6) is 5.75 Å². The first kappa shape index (κ1) is 12.0. The molecule has 1 amide bonds. The highest BCUT2D eigenvalue weighted by molar-refractivity contribution is 5.74. The monoisotopic (exact) mass is 243 g/mol. The van der Waals surface area contributed by atoms with Crippen molar-refractivity contribution in [2.24, 2.45) is 5.73 Å². The van der Waals surface area contributed by atoms with Gasteiger partial charge in [0.05, 0.1) is 11.9 Å². The van der Waals surface area contributed by atoms with Crippen LogP contribution in [0.2, 0.25) is 0 Å². The molecule has 92 valence electrons. The zero-order valence-corrected chi connectivity index (χ0v) is 9.71. The molecule has 2 aromatic rings. The number of benzene rings is 1. The Balaban J connectivity index is 2.29. The molecule has 1 heterocycles. The summed E-state index contributed by atoms with van der Waals surface area (Å²) in [7, 11) is 0. The maximum atomic E-state index is 10.8. The van der Waals surface area contributed by atoms with Crippen molar-refractivity contribution in [3.05, 3.63) is 42.4 Å². The van der Waals surface area contributed by atoms with Crippen molar-refractivity contribution in [2.45, 2.75) is 12.8 Å². The number of hydrogen-bond donors (Lipinski definition) is 2. The Bertz CT molecular complexity index is 555. The van der Waals surface area contributed by atoms with Gasteiger partial charge in [0.2, 0.25) is 5.91 Å². The molecule has 5 heteroatoms. The Hall–Kier alpha value is -2.43. The number of aryl methyl sites for hydroxylation is 1. The highest BCUT2D eigenvalue weighted by atomic mass is 16.3. The molecular formula is C13H13N3O2. The smallest absolute Gasteiger partial charge is 0.217 e. The van der Waals surface area contributed by atoms with Crippen molar-refractivity contribution in [2.75, 3.05) is 0 Å². The summed E-state index contributed by atoms with van der Waals surface area (Å²) in [6.45, 7) is 0. The van der Waals surface area contributed by atoms with Crippen molar-refractivity contribution >= 4 is 5.91 Å². The first-order chi connectivity index (χ1) is 8.66. The molecule has 0 aliphatic carbocycles. The summed E-state index contributed by atoms with van der Waals surface area (Å²) >= 11 is 0. The third-order valence-electron chi connectivity index (χ3n) is 2.58. The van der Waals surface area contributed by atoms with Crippen LogP contribution in [0, 0.1) is 0 Å². The van der Waals surface area contributed by atoms with Gasteiger partial charge in [0.15, 0.2) is 0 Å². The quantitative estimate of drug-likeness (QED) is 0.846. The average Bonchev–Trinajstić information content (AvgIpc) is 2.38. The lowest BCUT2D eigenvalue weighted by Crippen LogP contribution is -2.11. The Morgan fingerprint density at radius 1 is 1.33 bits per heavy atom. The molecule has 1 aromatic heterocycles.